The van der Waals surface area contributed by atoms with Gasteiger partial charge in [0, 0.05) is 44.3 Å². The van der Waals surface area contributed by atoms with E-state index in [1.807, 2.05) is 51.7 Å². The van der Waals surface area contributed by atoms with Crippen LogP contribution < -0.4 is 14.8 Å². The van der Waals surface area contributed by atoms with E-state index in [0.29, 0.717) is 24.1 Å². The lowest BCUT2D eigenvalue weighted by molar-refractivity contribution is -0.137. The number of nitrogens with one attached hydrogen (secondary N) is 1. The third kappa shape index (κ3) is 6.38. The first kappa shape index (κ1) is 22.5. The van der Waals surface area contributed by atoms with Crippen LogP contribution in [0.1, 0.15) is 47.1 Å². The van der Waals surface area contributed by atoms with Crippen LogP contribution in [0.25, 0.3) is 0 Å². The van der Waals surface area contributed by atoms with Crippen LogP contribution in [-0.2, 0) is 11.3 Å². The summed E-state index contributed by atoms with van der Waals surface area (Å²) >= 11 is 0. The second kappa shape index (κ2) is 10.7. The Balaban J connectivity index is 2.04. The lowest BCUT2D eigenvalue weighted by atomic mass is 10.1. The minimum Gasteiger partial charge on any atom is -0.490 e. The summed E-state index contributed by atoms with van der Waals surface area (Å²) in [5.74, 6) is 1.32. The molecule has 1 aliphatic heterocycles. The van der Waals surface area contributed by atoms with Crippen LogP contribution in [0.2, 0.25) is 0 Å². The Morgan fingerprint density at radius 1 is 1.21 bits per heavy atom. The second-order valence-electron chi connectivity index (χ2n) is 8.08. The summed E-state index contributed by atoms with van der Waals surface area (Å²) in [5.41, 5.74) is 1.20. The largest absolute Gasteiger partial charge is 0.490 e. The van der Waals surface area contributed by atoms with Crippen LogP contribution in [0.3, 0.4) is 0 Å². The Hall–Kier alpha value is -1.79. The quantitative estimate of drug-likeness (QED) is 0.701. The lowest BCUT2D eigenvalue weighted by Crippen LogP contribution is -2.48. The molecular formula is C22H37N3O3. The Morgan fingerprint density at radius 2 is 1.93 bits per heavy atom. The third-order valence-electron chi connectivity index (χ3n) is 4.92. The van der Waals surface area contributed by atoms with E-state index in [-0.39, 0.29) is 24.6 Å². The van der Waals surface area contributed by atoms with Crippen LogP contribution in [0, 0.1) is 0 Å². The van der Waals surface area contributed by atoms with Crippen LogP contribution in [0.5, 0.6) is 11.5 Å². The molecule has 1 amide bonds. The van der Waals surface area contributed by atoms with E-state index in [4.69, 9.17) is 9.47 Å². The molecule has 1 aliphatic rings. The van der Waals surface area contributed by atoms with Crippen molar-refractivity contribution in [3.63, 3.8) is 0 Å². The van der Waals surface area contributed by atoms with E-state index < -0.39 is 0 Å². The van der Waals surface area contributed by atoms with Crippen molar-refractivity contribution in [2.75, 3.05) is 32.8 Å². The smallest absolute Gasteiger partial charge is 0.260 e. The van der Waals surface area contributed by atoms with Crippen molar-refractivity contribution >= 4 is 5.91 Å². The number of hydrogen-bond acceptors (Lipinski definition) is 5. The Kier molecular flexibility index (Phi) is 8.58. The molecule has 1 N–H and O–H groups in total. The van der Waals surface area contributed by atoms with Gasteiger partial charge in [0.15, 0.2) is 18.1 Å². The van der Waals surface area contributed by atoms with Gasteiger partial charge in [0.1, 0.15) is 0 Å². The van der Waals surface area contributed by atoms with Gasteiger partial charge in [-0.05, 0) is 59.2 Å². The fraction of sp³-hybridized carbons (Fsp3) is 0.682. The van der Waals surface area contributed by atoms with E-state index in [1.165, 1.54) is 5.56 Å². The van der Waals surface area contributed by atoms with Crippen molar-refractivity contribution in [1.82, 2.24) is 15.1 Å². The van der Waals surface area contributed by atoms with Gasteiger partial charge in [-0.1, -0.05) is 6.07 Å². The molecule has 28 heavy (non-hydrogen) atoms. The van der Waals surface area contributed by atoms with Crippen LogP contribution in [-0.4, -0.2) is 66.7 Å². The van der Waals surface area contributed by atoms with Gasteiger partial charge in [-0.3, -0.25) is 9.69 Å². The van der Waals surface area contributed by atoms with Crippen molar-refractivity contribution in [3.8, 4) is 11.5 Å². The number of nitrogens with zero attached hydrogens (tertiary/aromatic N) is 2. The number of carbonyl (C=O) groups excluding carboxylic acids is 1. The van der Waals surface area contributed by atoms with Gasteiger partial charge < -0.3 is 19.7 Å². The highest BCUT2D eigenvalue weighted by Crippen LogP contribution is 2.29. The van der Waals surface area contributed by atoms with Gasteiger partial charge in [-0.2, -0.15) is 0 Å². The number of piperazine rings is 1. The van der Waals surface area contributed by atoms with Gasteiger partial charge in [0.25, 0.3) is 5.91 Å². The van der Waals surface area contributed by atoms with Gasteiger partial charge in [0.05, 0.1) is 6.61 Å². The minimum atomic E-state index is -0.00803. The Bertz CT molecular complexity index is 625. The highest BCUT2D eigenvalue weighted by Gasteiger charge is 2.21. The maximum atomic E-state index is 12.6. The monoisotopic (exact) mass is 391 g/mol. The first-order valence-corrected chi connectivity index (χ1v) is 10.5. The van der Waals surface area contributed by atoms with E-state index >= 15 is 0 Å². The highest BCUT2D eigenvalue weighted by atomic mass is 16.5. The van der Waals surface area contributed by atoms with Gasteiger partial charge >= 0.3 is 0 Å². The second-order valence-corrected chi connectivity index (χ2v) is 8.08. The Labute approximate surface area is 170 Å². The zero-order chi connectivity index (χ0) is 20.7. The Morgan fingerprint density at radius 3 is 2.54 bits per heavy atom. The molecule has 0 bridgehead atoms. The molecular weight excluding hydrogens is 354 g/mol. The maximum absolute atomic E-state index is 12.6. The van der Waals surface area contributed by atoms with Gasteiger partial charge in [0.2, 0.25) is 0 Å². The molecule has 1 aromatic rings. The fourth-order valence-electron chi connectivity index (χ4n) is 3.84. The van der Waals surface area contributed by atoms with Crippen molar-refractivity contribution in [3.05, 3.63) is 23.8 Å². The third-order valence-corrected chi connectivity index (χ3v) is 4.92. The average Bonchev–Trinajstić information content (AvgIpc) is 2.60. The molecule has 1 saturated heterocycles. The predicted molar refractivity (Wildman–Crippen MR) is 113 cm³/mol. The molecule has 0 spiro atoms. The molecule has 0 unspecified atom stereocenters. The summed E-state index contributed by atoms with van der Waals surface area (Å²) in [4.78, 5) is 16.9. The first-order valence-electron chi connectivity index (χ1n) is 10.5. The van der Waals surface area contributed by atoms with Crippen molar-refractivity contribution in [2.24, 2.45) is 0 Å². The summed E-state index contributed by atoms with van der Waals surface area (Å²) < 4.78 is 11.6. The van der Waals surface area contributed by atoms with Crippen LogP contribution >= 0.6 is 0 Å². The van der Waals surface area contributed by atoms with Crippen molar-refractivity contribution in [2.45, 2.75) is 66.2 Å². The lowest BCUT2D eigenvalue weighted by Gasteiger charge is -2.32. The summed E-state index contributed by atoms with van der Waals surface area (Å²) in [7, 11) is 0. The molecule has 0 aromatic heterocycles. The molecule has 1 aromatic carbocycles. The molecule has 0 aliphatic carbocycles. The standard InChI is InChI=1S/C22H37N3O3/c1-7-27-21-12-19(14-24-11-10-23-18(6)13-24)8-9-20(21)28-15-22(26)25(16(2)3)17(4)5/h8-9,12,16-18,23H,7,10-11,13-15H2,1-6H3/t18-/m0/s1. The number of carbonyl (C=O) groups is 1. The van der Waals surface area contributed by atoms with E-state index in [9.17, 15) is 4.79 Å². The predicted octanol–water partition coefficient (Wildman–Crippen LogP) is 2.90. The summed E-state index contributed by atoms with van der Waals surface area (Å²) in [5, 5.41) is 3.47. The van der Waals surface area contributed by atoms with Gasteiger partial charge in [-0.25, -0.2) is 0 Å². The number of rotatable bonds is 9. The van der Waals surface area contributed by atoms with Gasteiger partial charge in [-0.15, -0.1) is 0 Å². The minimum absolute atomic E-state index is 0.00803. The molecule has 0 saturated carbocycles. The molecule has 158 valence electrons. The highest BCUT2D eigenvalue weighted by molar-refractivity contribution is 5.78. The molecule has 6 nitrogen and oxygen atoms in total. The molecule has 1 atom stereocenters. The number of hydrogen-bond donors (Lipinski definition) is 1. The fourth-order valence-corrected chi connectivity index (χ4v) is 3.84. The zero-order valence-corrected chi connectivity index (χ0v) is 18.3. The first-order chi connectivity index (χ1) is 13.3. The molecule has 2 rings (SSSR count). The number of benzene rings is 1. The molecule has 1 heterocycles. The summed E-state index contributed by atoms with van der Waals surface area (Å²) in [6, 6.07) is 6.83. The SMILES string of the molecule is CCOc1cc(CN2CCN[C@@H](C)C2)ccc1OCC(=O)N(C(C)C)C(C)C. The van der Waals surface area contributed by atoms with E-state index in [2.05, 4.69) is 23.2 Å². The normalized spacial score (nSPS) is 17.8. The molecule has 1 fully saturated rings. The van der Waals surface area contributed by atoms with Crippen LogP contribution in [0.15, 0.2) is 18.2 Å². The average molecular weight is 392 g/mol. The molecule has 0 radical (unpaired) electrons. The maximum Gasteiger partial charge on any atom is 0.260 e. The van der Waals surface area contributed by atoms with Crippen LogP contribution in [0.4, 0.5) is 0 Å². The van der Waals surface area contributed by atoms with E-state index in [1.54, 1.807) is 0 Å². The topological polar surface area (TPSA) is 54.0 Å². The zero-order valence-electron chi connectivity index (χ0n) is 18.3. The van der Waals surface area contributed by atoms with E-state index in [0.717, 1.165) is 26.2 Å². The van der Waals surface area contributed by atoms with Crippen molar-refractivity contribution < 1.29 is 14.3 Å². The molecule has 6 heteroatoms. The summed E-state index contributed by atoms with van der Waals surface area (Å²) in [6.07, 6.45) is 0. The number of ether oxygens (including phenoxy) is 2. The summed E-state index contributed by atoms with van der Waals surface area (Å²) in [6.45, 7) is 16.8. The van der Waals surface area contributed by atoms with Crippen molar-refractivity contribution in [1.29, 1.82) is 0 Å². The number of amides is 1.